The van der Waals surface area contributed by atoms with Gasteiger partial charge in [0.15, 0.2) is 0 Å². The fourth-order valence-electron chi connectivity index (χ4n) is 1.04. The molecule has 6 nitrogen and oxygen atoms in total. The Morgan fingerprint density at radius 1 is 1.60 bits per heavy atom. The van der Waals surface area contributed by atoms with Crippen molar-refractivity contribution in [2.45, 2.75) is 13.8 Å². The second-order valence-electron chi connectivity index (χ2n) is 3.40. The zero-order valence-electron chi connectivity index (χ0n) is 9.37. The van der Waals surface area contributed by atoms with Gasteiger partial charge < -0.3 is 10.2 Å². The van der Waals surface area contributed by atoms with Crippen molar-refractivity contribution in [3.63, 3.8) is 0 Å². The molecule has 1 rings (SSSR count). The van der Waals surface area contributed by atoms with Crippen LogP contribution in [0.2, 0.25) is 0 Å². The van der Waals surface area contributed by atoms with E-state index in [1.54, 1.807) is 6.92 Å². The third kappa shape index (κ3) is 3.67. The molecule has 15 heavy (non-hydrogen) atoms. The number of H-pyrrole nitrogens is 1. The van der Waals surface area contributed by atoms with Gasteiger partial charge in [-0.25, -0.2) is 4.98 Å². The number of likely N-dealkylation sites (N-methyl/N-ethyl adjacent to an activating group) is 1. The molecule has 0 aliphatic rings. The largest absolute Gasteiger partial charge is 0.348 e. The minimum atomic E-state index is -0.233. The predicted octanol–water partition coefficient (Wildman–Crippen LogP) is -0.205. The molecule has 6 heteroatoms. The van der Waals surface area contributed by atoms with Crippen LogP contribution in [0, 0.1) is 6.92 Å². The van der Waals surface area contributed by atoms with Gasteiger partial charge in [-0.05, 0) is 20.5 Å². The first-order chi connectivity index (χ1) is 7.13. The molecule has 1 aromatic heterocycles. The summed E-state index contributed by atoms with van der Waals surface area (Å²) in [7, 11) is 2.00. The van der Waals surface area contributed by atoms with Crippen LogP contribution in [0.5, 0.6) is 0 Å². The highest BCUT2D eigenvalue weighted by atomic mass is 16.2. The lowest BCUT2D eigenvalue weighted by Crippen LogP contribution is -2.33. The van der Waals surface area contributed by atoms with Crippen molar-refractivity contribution in [2.24, 2.45) is 0 Å². The Kier molecular flexibility index (Phi) is 4.23. The van der Waals surface area contributed by atoms with E-state index in [9.17, 15) is 4.79 Å². The molecule has 0 radical (unpaired) electrons. The monoisotopic (exact) mass is 211 g/mol. The maximum absolute atomic E-state index is 11.5. The van der Waals surface area contributed by atoms with E-state index in [1.807, 2.05) is 7.05 Å². The molecule has 84 valence electrons. The Morgan fingerprint density at radius 2 is 2.33 bits per heavy atom. The molecule has 0 atom stereocenters. The molecular weight excluding hydrogens is 194 g/mol. The number of hydrogen-bond donors (Lipinski definition) is 2. The summed E-state index contributed by atoms with van der Waals surface area (Å²) in [6.07, 6.45) is 0. The molecule has 0 unspecified atom stereocenters. The first-order valence-corrected chi connectivity index (χ1v) is 4.99. The summed E-state index contributed by atoms with van der Waals surface area (Å²) in [5, 5.41) is 9.15. The average Bonchev–Trinajstić information content (AvgIpc) is 2.64. The van der Waals surface area contributed by atoms with E-state index >= 15 is 0 Å². The second-order valence-corrected chi connectivity index (χ2v) is 3.40. The molecule has 2 N–H and O–H groups in total. The van der Waals surface area contributed by atoms with Gasteiger partial charge in [-0.3, -0.25) is 9.89 Å². The first kappa shape index (κ1) is 11.6. The Bertz CT molecular complexity index is 322. The van der Waals surface area contributed by atoms with Crippen LogP contribution in [0.4, 0.5) is 0 Å². The number of nitrogens with one attached hydrogen (secondary N) is 2. The predicted molar refractivity (Wildman–Crippen MR) is 56.6 cm³/mol. The van der Waals surface area contributed by atoms with Crippen molar-refractivity contribution in [3.05, 3.63) is 11.6 Å². The second kappa shape index (κ2) is 5.45. The summed E-state index contributed by atoms with van der Waals surface area (Å²) in [4.78, 5) is 17.5. The maximum atomic E-state index is 11.5. The quantitative estimate of drug-likeness (QED) is 0.707. The van der Waals surface area contributed by atoms with Gasteiger partial charge in [0.1, 0.15) is 5.82 Å². The lowest BCUT2D eigenvalue weighted by molar-refractivity contribution is 0.0940. The van der Waals surface area contributed by atoms with Crippen molar-refractivity contribution in [3.8, 4) is 0 Å². The van der Waals surface area contributed by atoms with E-state index in [2.05, 4.69) is 32.3 Å². The van der Waals surface area contributed by atoms with Gasteiger partial charge in [0.25, 0.3) is 5.91 Å². The van der Waals surface area contributed by atoms with Gasteiger partial charge in [-0.2, -0.15) is 0 Å². The molecule has 0 saturated heterocycles. The molecule has 1 aromatic rings. The highest BCUT2D eigenvalue weighted by molar-refractivity contribution is 5.90. The van der Waals surface area contributed by atoms with Crippen LogP contribution in [-0.4, -0.2) is 52.7 Å². The van der Waals surface area contributed by atoms with Gasteiger partial charge in [0.05, 0.1) is 0 Å². The molecule has 1 amide bonds. The summed E-state index contributed by atoms with van der Waals surface area (Å²) in [6, 6.07) is 0. The number of rotatable bonds is 5. The highest BCUT2D eigenvalue weighted by Gasteiger charge is 2.09. The molecule has 0 spiro atoms. The van der Waals surface area contributed by atoms with Crippen LogP contribution in [0.1, 0.15) is 23.4 Å². The SMILES string of the molecule is CCN(C)CCNC(=O)c1n[nH]c(C)n1. The fourth-order valence-corrected chi connectivity index (χ4v) is 1.04. The Balaban J connectivity index is 2.31. The van der Waals surface area contributed by atoms with Gasteiger partial charge in [-0.1, -0.05) is 6.92 Å². The van der Waals surface area contributed by atoms with E-state index in [-0.39, 0.29) is 11.7 Å². The van der Waals surface area contributed by atoms with E-state index in [0.717, 1.165) is 13.1 Å². The molecule has 0 fully saturated rings. The highest BCUT2D eigenvalue weighted by Crippen LogP contribution is 1.89. The van der Waals surface area contributed by atoms with Crippen LogP contribution in [0.25, 0.3) is 0 Å². The van der Waals surface area contributed by atoms with Crippen LogP contribution in [-0.2, 0) is 0 Å². The van der Waals surface area contributed by atoms with Crippen LogP contribution >= 0.6 is 0 Å². The molecule has 0 aliphatic heterocycles. The van der Waals surface area contributed by atoms with E-state index in [4.69, 9.17) is 0 Å². The number of nitrogens with zero attached hydrogens (tertiary/aromatic N) is 3. The Labute approximate surface area is 89.1 Å². The summed E-state index contributed by atoms with van der Waals surface area (Å²) in [5.41, 5.74) is 0. The van der Waals surface area contributed by atoms with Crippen molar-refractivity contribution < 1.29 is 4.79 Å². The van der Waals surface area contributed by atoms with Gasteiger partial charge in [-0.15, -0.1) is 5.10 Å². The van der Waals surface area contributed by atoms with Crippen molar-refractivity contribution in [1.29, 1.82) is 0 Å². The summed E-state index contributed by atoms with van der Waals surface area (Å²) < 4.78 is 0. The number of aryl methyl sites for hydroxylation is 1. The van der Waals surface area contributed by atoms with Gasteiger partial charge in [0, 0.05) is 13.1 Å². The topological polar surface area (TPSA) is 73.9 Å². The third-order valence-electron chi connectivity index (χ3n) is 2.12. The third-order valence-corrected chi connectivity index (χ3v) is 2.12. The lowest BCUT2D eigenvalue weighted by Gasteiger charge is -2.13. The number of aromatic nitrogens is 3. The summed E-state index contributed by atoms with van der Waals surface area (Å²) in [6.45, 7) is 6.23. The number of carbonyl (C=O) groups excluding carboxylic acids is 1. The molecule has 0 aromatic carbocycles. The van der Waals surface area contributed by atoms with Gasteiger partial charge in [0.2, 0.25) is 5.82 Å². The molecule has 0 aliphatic carbocycles. The van der Waals surface area contributed by atoms with E-state index < -0.39 is 0 Å². The van der Waals surface area contributed by atoms with Crippen LogP contribution in [0.15, 0.2) is 0 Å². The normalized spacial score (nSPS) is 10.7. The van der Waals surface area contributed by atoms with E-state index in [1.165, 1.54) is 0 Å². The summed E-state index contributed by atoms with van der Waals surface area (Å²) in [5.74, 6) is 0.612. The smallest absolute Gasteiger partial charge is 0.291 e. The fraction of sp³-hybridized carbons (Fsp3) is 0.667. The van der Waals surface area contributed by atoms with Crippen LogP contribution < -0.4 is 5.32 Å². The number of amides is 1. The minimum absolute atomic E-state index is 0.201. The molecule has 1 heterocycles. The maximum Gasteiger partial charge on any atom is 0.291 e. The first-order valence-electron chi connectivity index (χ1n) is 4.99. The van der Waals surface area contributed by atoms with Crippen molar-refractivity contribution in [2.75, 3.05) is 26.7 Å². The lowest BCUT2D eigenvalue weighted by atomic mass is 10.5. The van der Waals surface area contributed by atoms with Gasteiger partial charge >= 0.3 is 0 Å². The van der Waals surface area contributed by atoms with Crippen molar-refractivity contribution >= 4 is 5.91 Å². The standard InChI is InChI=1S/C9H17N5O/c1-4-14(3)6-5-10-9(15)8-11-7(2)12-13-8/h4-6H2,1-3H3,(H,10,15)(H,11,12,13). The average molecular weight is 211 g/mol. The minimum Gasteiger partial charge on any atom is -0.348 e. The zero-order chi connectivity index (χ0) is 11.3. The molecule has 0 bridgehead atoms. The number of carbonyl (C=O) groups is 1. The summed E-state index contributed by atoms with van der Waals surface area (Å²) >= 11 is 0. The molecular formula is C9H17N5O. The Hall–Kier alpha value is -1.43. The van der Waals surface area contributed by atoms with E-state index in [0.29, 0.717) is 12.4 Å². The zero-order valence-corrected chi connectivity index (χ0v) is 9.37. The number of aromatic amines is 1. The van der Waals surface area contributed by atoms with Crippen molar-refractivity contribution in [1.82, 2.24) is 25.4 Å². The molecule has 0 saturated carbocycles. The Morgan fingerprint density at radius 3 is 2.87 bits per heavy atom. The van der Waals surface area contributed by atoms with Crippen LogP contribution in [0.3, 0.4) is 0 Å². The number of hydrogen-bond acceptors (Lipinski definition) is 4.